The van der Waals surface area contributed by atoms with Gasteiger partial charge < -0.3 is 131 Å². The molecule has 6 aromatic rings. The molecule has 6 aromatic carbocycles. The predicted octanol–water partition coefficient (Wildman–Crippen LogP) is 16.7. The Balaban J connectivity index is -0.000000141. The number of nitrogens with two attached hydrogens (primary N) is 6. The molecule has 0 bridgehead atoms. The topological polar surface area (TPSA) is 721 Å². The Bertz CT molecular complexity index is 3510. The van der Waals surface area contributed by atoms with Crippen LogP contribution in [0.4, 0.5) is 0 Å². The van der Waals surface area contributed by atoms with Crippen molar-refractivity contribution >= 4 is 133 Å². The van der Waals surface area contributed by atoms with Crippen LogP contribution in [0.5, 0.6) is 34.5 Å². The van der Waals surface area contributed by atoms with E-state index in [1.807, 2.05) is 83.1 Å². The van der Waals surface area contributed by atoms with Crippen LogP contribution in [0.25, 0.3) is 95.8 Å². The zero-order chi connectivity index (χ0) is 89.3. The number of hydrogen-bond donors (Lipinski definition) is 6. The molecule has 0 amide bonds. The van der Waals surface area contributed by atoms with Crippen molar-refractivity contribution in [3.8, 4) is 34.5 Å². The molecule has 6 rings (SSSR count). The molecule has 648 valence electrons. The van der Waals surface area contributed by atoms with Gasteiger partial charge in [-0.2, -0.15) is 0 Å². The van der Waals surface area contributed by atoms with Gasteiger partial charge in [0.05, 0.1) is 0 Å². The van der Waals surface area contributed by atoms with E-state index in [0.717, 1.165) is 26.8 Å². The third-order valence-electron chi connectivity index (χ3n) is 13.6. The van der Waals surface area contributed by atoms with Crippen molar-refractivity contribution in [2.75, 3.05) is 78.5 Å². The monoisotopic (exact) mass is 2190 g/mol. The Labute approximate surface area is 781 Å². The second-order valence-electron chi connectivity index (χ2n) is 27.7. The van der Waals surface area contributed by atoms with Gasteiger partial charge in [0.1, 0.15) is 0 Å². The SMILES string of the molecule is CC(C)(CN)CN=Cc1cc(Br)ccc1[O-].CC(C)(CN)CN=Cc1cc(Br)ccc1[O-].CC(C)(CN)CN=Cc1cc(Br)ccc1[O-].CC(C)(CN)CN=Cc1cc(Br)ccc1[O-].CC(C)(CN)CN=Cc1cc(Br)ccc1[O-].CC(C)(CN)CN=Cc1cc(Br)ccc1[O-].[Co+3].[Co+3].[Co+3].[Co+3].[N-]=[N+]=[N-].[N-]=[N+]=[N-].[N-]=[N+]=[N-].[N-]=[N+]=[N-].[N-]=[N+]=[N-].[N-]=[N+]=[N-]. The van der Waals surface area contributed by atoms with Crippen molar-refractivity contribution in [2.24, 2.45) is 96.8 Å². The summed E-state index contributed by atoms with van der Waals surface area (Å²) in [4.78, 5) is 34.6. The van der Waals surface area contributed by atoms with E-state index < -0.39 is 0 Å². The zero-order valence-corrected chi connectivity index (χ0v) is 80.3. The fraction of sp³-hybridized carbons (Fsp3) is 0.417. The summed E-state index contributed by atoms with van der Waals surface area (Å²) in [7, 11) is 0. The average Bonchev–Trinajstić information content (AvgIpc) is 0.903. The number of rotatable bonds is 24. The first kappa shape index (κ1) is 131. The van der Waals surface area contributed by atoms with Gasteiger partial charge in [0.2, 0.25) is 0 Å². The van der Waals surface area contributed by atoms with Crippen LogP contribution >= 0.6 is 95.6 Å². The van der Waals surface area contributed by atoms with Crippen molar-refractivity contribution in [2.45, 2.75) is 83.1 Å². The summed E-state index contributed by atoms with van der Waals surface area (Å²) in [6, 6.07) is 30.1. The van der Waals surface area contributed by atoms with Crippen molar-refractivity contribution in [1.82, 2.24) is 0 Å². The van der Waals surface area contributed by atoms with Gasteiger partial charge in [0.25, 0.3) is 0 Å². The molecule has 0 heterocycles. The Morgan fingerprint density at radius 3 is 0.424 bits per heavy atom. The van der Waals surface area contributed by atoms with E-state index in [1.54, 1.807) is 110 Å². The van der Waals surface area contributed by atoms with Crippen molar-refractivity contribution in [3.63, 3.8) is 0 Å². The van der Waals surface area contributed by atoms with E-state index in [4.69, 9.17) is 101 Å². The number of nitrogens with zero attached hydrogens (tertiary/aromatic N) is 24. The molecule has 118 heavy (non-hydrogen) atoms. The van der Waals surface area contributed by atoms with Gasteiger partial charge in [-0.1, -0.05) is 250 Å². The fourth-order valence-electron chi connectivity index (χ4n) is 6.46. The minimum Gasteiger partial charge on any atom is -0.872 e. The number of benzene rings is 6. The van der Waals surface area contributed by atoms with Crippen LogP contribution in [0.2, 0.25) is 0 Å². The number of hydrogen-bond acceptors (Lipinski definition) is 18. The summed E-state index contributed by atoms with van der Waals surface area (Å²) in [5.41, 5.74) is 118. The summed E-state index contributed by atoms with van der Waals surface area (Å²) >= 11 is 19.9. The van der Waals surface area contributed by atoms with Gasteiger partial charge >= 0.3 is 67.1 Å². The summed E-state index contributed by atoms with van der Waals surface area (Å²) in [6.07, 6.45) is 9.69. The minimum absolute atomic E-state index is 0. The molecule has 0 atom stereocenters. The van der Waals surface area contributed by atoms with Crippen LogP contribution in [-0.2, 0) is 67.1 Å². The molecule has 0 aliphatic rings. The largest absolute Gasteiger partial charge is 3.00 e. The Kier molecular flexibility index (Phi) is 84.4. The number of halogens is 6. The van der Waals surface area contributed by atoms with Crippen LogP contribution in [-0.4, -0.2) is 116 Å². The van der Waals surface area contributed by atoms with E-state index in [9.17, 15) is 30.6 Å². The van der Waals surface area contributed by atoms with Crippen molar-refractivity contribution < 1.29 is 97.8 Å². The second kappa shape index (κ2) is 75.8. The maximum Gasteiger partial charge on any atom is 3.00 e. The van der Waals surface area contributed by atoms with E-state index >= 15 is 0 Å². The van der Waals surface area contributed by atoms with Crippen LogP contribution in [0, 0.1) is 32.5 Å². The van der Waals surface area contributed by atoms with E-state index in [2.05, 4.69) is 126 Å². The molecular weight excluding hydrogens is 2100 g/mol. The molecule has 0 aromatic heterocycles. The standard InChI is InChI=1S/6C12H17BrN2O.4Co.6N3/c6*1-12(2,7-14)8-15-6-9-5-10(13)3-4-11(9)16;;;;;6*1-3-2/h6*3-6,16H,7-8,14H2,1-2H3;;;;;;;;;;/q;;;;;;4*+3;6*-1/p-6. The van der Waals surface area contributed by atoms with Crippen LogP contribution in [0.1, 0.15) is 116 Å². The Morgan fingerprint density at radius 2 is 0.339 bits per heavy atom. The molecule has 0 aliphatic carbocycles. The first-order valence-electron chi connectivity index (χ1n) is 33.1. The first-order valence-corrected chi connectivity index (χ1v) is 37.8. The fourth-order valence-corrected chi connectivity index (χ4v) is 8.73. The summed E-state index contributed by atoms with van der Waals surface area (Å²) in [5, 5.41) is 68.8. The van der Waals surface area contributed by atoms with Crippen LogP contribution in [0.15, 0.2) is 166 Å². The van der Waals surface area contributed by atoms with Gasteiger partial charge in [0.15, 0.2) is 0 Å². The third kappa shape index (κ3) is 73.8. The molecule has 0 saturated heterocycles. The van der Waals surface area contributed by atoms with Crippen LogP contribution in [0.3, 0.4) is 0 Å². The van der Waals surface area contributed by atoms with Crippen molar-refractivity contribution in [1.29, 1.82) is 0 Å². The normalized spacial score (nSPS) is 10.4. The molecule has 0 fully saturated rings. The molecule has 0 aliphatic heterocycles. The Morgan fingerprint density at radius 1 is 0.246 bits per heavy atom. The van der Waals surface area contributed by atoms with E-state index in [-0.39, 0.29) is 134 Å². The van der Waals surface area contributed by atoms with Gasteiger partial charge in [0, 0.05) is 103 Å². The summed E-state index contributed by atoms with van der Waals surface area (Å²) in [6.45, 7) is 31.7. The molecule has 46 heteroatoms. The molecule has 12 N–H and O–H groups in total. The molecule has 0 radical (unpaired) electrons. The third-order valence-corrected chi connectivity index (χ3v) is 16.6. The van der Waals surface area contributed by atoms with Crippen molar-refractivity contribution in [3.05, 3.63) is 265 Å². The zero-order valence-electron chi connectivity index (χ0n) is 66.6. The van der Waals surface area contributed by atoms with Gasteiger partial charge in [-0.05, 0) is 178 Å². The summed E-state index contributed by atoms with van der Waals surface area (Å²) in [5.74, 6) is -0.0972. The van der Waals surface area contributed by atoms with E-state index in [0.29, 0.717) is 112 Å². The predicted molar refractivity (Wildman–Crippen MR) is 474 cm³/mol. The molecule has 0 unspecified atom stereocenters. The van der Waals surface area contributed by atoms with Gasteiger partial charge in [-0.3, -0.25) is 59.4 Å². The smallest absolute Gasteiger partial charge is 0.872 e. The van der Waals surface area contributed by atoms with Gasteiger partial charge in [-0.15, -0.1) is 0 Å². The molecule has 0 saturated carbocycles. The quantitative estimate of drug-likeness (QED) is 0.0142. The molecule has 36 nitrogen and oxygen atoms in total. The average molecular weight is 2190 g/mol. The summed E-state index contributed by atoms with van der Waals surface area (Å²) < 4.78 is 5.29. The number of aliphatic imine (C=N–C) groups is 6. The second-order valence-corrected chi connectivity index (χ2v) is 33.2. The van der Waals surface area contributed by atoms with Crippen LogP contribution < -0.4 is 65.0 Å². The first-order chi connectivity index (χ1) is 53.1. The minimum atomic E-state index is -0.0223. The maximum atomic E-state index is 11.5. The Hall–Kier alpha value is -7.33. The van der Waals surface area contributed by atoms with E-state index in [1.165, 1.54) is 65.9 Å². The maximum absolute atomic E-state index is 11.5. The molecular formula is C72H96Br6Co4N30O6. The van der Waals surface area contributed by atoms with Gasteiger partial charge in [-0.25, -0.2) is 0 Å². The molecule has 0 spiro atoms.